The molecule has 2 amide bonds. The molecule has 0 aromatic carbocycles. The van der Waals surface area contributed by atoms with E-state index in [9.17, 15) is 14.4 Å². The van der Waals surface area contributed by atoms with E-state index in [-0.39, 0.29) is 12.2 Å². The summed E-state index contributed by atoms with van der Waals surface area (Å²) in [6.07, 6.45) is 2.95. The zero-order valence-electron chi connectivity index (χ0n) is 11.3. The lowest BCUT2D eigenvalue weighted by molar-refractivity contribution is -0.138. The molecule has 0 saturated carbocycles. The van der Waals surface area contributed by atoms with Crippen LogP contribution in [-0.4, -0.2) is 68.1 Å². The van der Waals surface area contributed by atoms with Crippen LogP contribution in [0.25, 0.3) is 0 Å². The van der Waals surface area contributed by atoms with E-state index in [1.54, 1.807) is 6.26 Å². The highest BCUT2D eigenvalue weighted by Crippen LogP contribution is 1.99. The molecule has 11 heteroatoms. The monoisotopic (exact) mass is 316 g/mol. The molecule has 1 rings (SSSR count). The second kappa shape index (κ2) is 8.89. The molecule has 0 aliphatic rings. The Morgan fingerprint density at radius 1 is 1.48 bits per heavy atom. The van der Waals surface area contributed by atoms with E-state index in [0.717, 1.165) is 0 Å². The maximum absolute atomic E-state index is 11.7. The molecule has 1 aromatic rings. The highest BCUT2D eigenvalue weighted by Gasteiger charge is 2.20. The van der Waals surface area contributed by atoms with E-state index >= 15 is 0 Å². The molecule has 10 nitrogen and oxygen atoms in total. The van der Waals surface area contributed by atoms with Crippen molar-refractivity contribution in [3.05, 3.63) is 5.82 Å². The standard InChI is InChI=1S/C10H16N6O4S/c1-21-5-7(9(18)19)12-10(20)11-6(4-17)2-3-8-13-15-16-14-8/h4,6-7H,2-3,5H2,1H3,(H,18,19)(H2,11,12,20)(H,13,14,15,16)/t6-,7-/m0/s1. The molecule has 0 saturated heterocycles. The molecule has 2 atom stereocenters. The molecule has 0 aliphatic carbocycles. The number of aromatic nitrogens is 4. The van der Waals surface area contributed by atoms with Gasteiger partial charge in [-0.25, -0.2) is 9.59 Å². The second-order valence-electron chi connectivity index (χ2n) is 4.07. The van der Waals surface area contributed by atoms with Crippen LogP contribution in [0.3, 0.4) is 0 Å². The Bertz CT molecular complexity index is 468. The van der Waals surface area contributed by atoms with E-state index < -0.39 is 24.1 Å². The number of hydrogen-bond donors (Lipinski definition) is 4. The molecule has 0 spiro atoms. The number of carbonyl (C=O) groups is 3. The minimum atomic E-state index is -1.13. The number of urea groups is 1. The Morgan fingerprint density at radius 3 is 2.76 bits per heavy atom. The average molecular weight is 316 g/mol. The number of aldehydes is 1. The third-order valence-corrected chi connectivity index (χ3v) is 3.15. The Kier molecular flexibility index (Phi) is 7.15. The summed E-state index contributed by atoms with van der Waals surface area (Å²) in [6.45, 7) is 0. The molecule has 0 bridgehead atoms. The zero-order valence-corrected chi connectivity index (χ0v) is 12.1. The fourth-order valence-electron chi connectivity index (χ4n) is 1.46. The number of nitrogens with one attached hydrogen (secondary N) is 3. The van der Waals surface area contributed by atoms with Crippen molar-refractivity contribution in [1.29, 1.82) is 0 Å². The molecule has 1 heterocycles. The number of rotatable bonds is 9. The summed E-state index contributed by atoms with van der Waals surface area (Å²) in [5, 5.41) is 26.7. The molecule has 4 N–H and O–H groups in total. The van der Waals surface area contributed by atoms with Crippen LogP contribution in [-0.2, 0) is 16.0 Å². The quantitative estimate of drug-likeness (QED) is 0.415. The summed E-state index contributed by atoms with van der Waals surface area (Å²) in [5.74, 6) is -0.471. The number of amides is 2. The molecule has 0 fully saturated rings. The lowest BCUT2D eigenvalue weighted by atomic mass is 10.2. The number of H-pyrrole nitrogens is 1. The van der Waals surface area contributed by atoms with Crippen LogP contribution >= 0.6 is 11.8 Å². The summed E-state index contributed by atoms with van der Waals surface area (Å²) in [6, 6.07) is -2.47. The van der Waals surface area contributed by atoms with Gasteiger partial charge in [0.25, 0.3) is 0 Å². The lowest BCUT2D eigenvalue weighted by Crippen LogP contribution is -2.50. The third kappa shape index (κ3) is 6.21. The van der Waals surface area contributed by atoms with E-state index in [2.05, 4.69) is 31.3 Å². The largest absolute Gasteiger partial charge is 0.480 e. The van der Waals surface area contributed by atoms with E-state index in [0.29, 0.717) is 18.5 Å². The molecule has 0 aliphatic heterocycles. The van der Waals surface area contributed by atoms with Crippen LogP contribution < -0.4 is 10.6 Å². The van der Waals surface area contributed by atoms with Crippen molar-refractivity contribution in [2.45, 2.75) is 24.9 Å². The Balaban J connectivity index is 2.42. The SMILES string of the molecule is CSC[C@H](NC(=O)N[C@H](C=O)CCc1nn[nH]n1)C(=O)O. The van der Waals surface area contributed by atoms with Crippen LogP contribution in [0.15, 0.2) is 0 Å². The van der Waals surface area contributed by atoms with Gasteiger partial charge in [-0.2, -0.15) is 17.0 Å². The Hall–Kier alpha value is -2.17. The maximum Gasteiger partial charge on any atom is 0.327 e. The first-order valence-electron chi connectivity index (χ1n) is 6.03. The normalized spacial score (nSPS) is 13.2. The van der Waals surface area contributed by atoms with E-state index in [1.807, 2.05) is 0 Å². The number of carbonyl (C=O) groups excluding carboxylic acids is 2. The molecule has 1 aromatic heterocycles. The van der Waals surface area contributed by atoms with Crippen molar-refractivity contribution >= 4 is 30.0 Å². The van der Waals surface area contributed by atoms with Gasteiger partial charge in [-0.05, 0) is 12.7 Å². The average Bonchev–Trinajstić information content (AvgIpc) is 2.96. The van der Waals surface area contributed by atoms with Crippen molar-refractivity contribution in [1.82, 2.24) is 31.3 Å². The number of aromatic amines is 1. The second-order valence-corrected chi connectivity index (χ2v) is 4.98. The van der Waals surface area contributed by atoms with Gasteiger partial charge in [0, 0.05) is 12.2 Å². The molecular weight excluding hydrogens is 300 g/mol. The van der Waals surface area contributed by atoms with Gasteiger partial charge in [0.05, 0.1) is 6.04 Å². The van der Waals surface area contributed by atoms with E-state index in [1.165, 1.54) is 11.8 Å². The summed E-state index contributed by atoms with van der Waals surface area (Å²) in [5.41, 5.74) is 0. The smallest absolute Gasteiger partial charge is 0.327 e. The maximum atomic E-state index is 11.7. The van der Waals surface area contributed by atoms with Crippen molar-refractivity contribution in [2.75, 3.05) is 12.0 Å². The Morgan fingerprint density at radius 2 is 2.24 bits per heavy atom. The van der Waals surface area contributed by atoms with Gasteiger partial charge < -0.3 is 20.5 Å². The van der Waals surface area contributed by atoms with E-state index in [4.69, 9.17) is 5.11 Å². The predicted molar refractivity (Wildman–Crippen MR) is 73.8 cm³/mol. The predicted octanol–water partition coefficient (Wildman–Crippen LogP) is -1.18. The number of thioether (sulfide) groups is 1. The van der Waals surface area contributed by atoms with Crippen LogP contribution in [0.2, 0.25) is 0 Å². The summed E-state index contributed by atoms with van der Waals surface area (Å²) >= 11 is 1.29. The first kappa shape index (κ1) is 16.9. The molecule has 116 valence electrons. The number of hydrogen-bond acceptors (Lipinski definition) is 7. The fourth-order valence-corrected chi connectivity index (χ4v) is 2.02. The van der Waals surface area contributed by atoms with Crippen molar-refractivity contribution in [3.8, 4) is 0 Å². The Labute approximate surface area is 124 Å². The molecule has 21 heavy (non-hydrogen) atoms. The number of aryl methyl sites for hydroxylation is 1. The van der Waals surface area contributed by atoms with Crippen LogP contribution in [0.5, 0.6) is 0 Å². The van der Waals surface area contributed by atoms with Gasteiger partial charge in [-0.3, -0.25) is 0 Å². The van der Waals surface area contributed by atoms with Crippen LogP contribution in [0.1, 0.15) is 12.2 Å². The zero-order chi connectivity index (χ0) is 15.7. The summed E-state index contributed by atoms with van der Waals surface area (Å²) in [4.78, 5) is 33.5. The van der Waals surface area contributed by atoms with Crippen LogP contribution in [0, 0.1) is 0 Å². The van der Waals surface area contributed by atoms with Gasteiger partial charge in [-0.1, -0.05) is 5.21 Å². The first-order valence-corrected chi connectivity index (χ1v) is 7.42. The van der Waals surface area contributed by atoms with Gasteiger partial charge in [-0.15, -0.1) is 10.2 Å². The highest BCUT2D eigenvalue weighted by atomic mass is 32.2. The molecule has 0 unspecified atom stereocenters. The summed E-state index contributed by atoms with van der Waals surface area (Å²) in [7, 11) is 0. The van der Waals surface area contributed by atoms with Gasteiger partial charge in [0.1, 0.15) is 12.3 Å². The molecule has 0 radical (unpaired) electrons. The fraction of sp³-hybridized carbons (Fsp3) is 0.600. The third-order valence-electron chi connectivity index (χ3n) is 2.49. The minimum Gasteiger partial charge on any atom is -0.480 e. The van der Waals surface area contributed by atoms with Crippen molar-refractivity contribution in [2.24, 2.45) is 0 Å². The summed E-state index contributed by atoms with van der Waals surface area (Å²) < 4.78 is 0. The van der Waals surface area contributed by atoms with Gasteiger partial charge in [0.15, 0.2) is 5.82 Å². The number of aliphatic carboxylic acids is 1. The minimum absolute atomic E-state index is 0.234. The lowest BCUT2D eigenvalue weighted by Gasteiger charge is -2.16. The van der Waals surface area contributed by atoms with Crippen molar-refractivity contribution < 1.29 is 19.5 Å². The van der Waals surface area contributed by atoms with Gasteiger partial charge in [0.2, 0.25) is 0 Å². The molecular formula is C10H16N6O4S. The number of tetrazole rings is 1. The number of nitrogens with zero attached hydrogens (tertiary/aromatic N) is 3. The topological polar surface area (TPSA) is 150 Å². The van der Waals surface area contributed by atoms with Gasteiger partial charge >= 0.3 is 12.0 Å². The first-order chi connectivity index (χ1) is 10.1. The number of carboxylic acids is 1. The number of carboxylic acid groups (broad SMARTS) is 1. The van der Waals surface area contributed by atoms with Crippen molar-refractivity contribution in [3.63, 3.8) is 0 Å². The highest BCUT2D eigenvalue weighted by molar-refractivity contribution is 7.98. The van der Waals surface area contributed by atoms with Crippen LogP contribution in [0.4, 0.5) is 4.79 Å².